The largest absolute Gasteiger partial charge is 0.315 e. The number of likely N-dealkylation sites (N-methyl/N-ethyl adjacent to an activating group) is 1. The van der Waals surface area contributed by atoms with Gasteiger partial charge in [0.25, 0.3) is 0 Å². The third-order valence-corrected chi connectivity index (χ3v) is 5.03. The van der Waals surface area contributed by atoms with Gasteiger partial charge < -0.3 is 5.32 Å². The van der Waals surface area contributed by atoms with Crippen molar-refractivity contribution in [2.45, 2.75) is 51.1 Å². The summed E-state index contributed by atoms with van der Waals surface area (Å²) in [5.74, 6) is 0.729. The molecular formula is C17H26N2. The number of hydrogen-bond acceptors (Lipinski definition) is 2. The van der Waals surface area contributed by atoms with Crippen LogP contribution in [0, 0.1) is 0 Å². The Morgan fingerprint density at radius 3 is 2.63 bits per heavy atom. The van der Waals surface area contributed by atoms with E-state index in [1.54, 1.807) is 11.1 Å². The fraction of sp³-hybridized carbons (Fsp3) is 0.647. The summed E-state index contributed by atoms with van der Waals surface area (Å²) in [7, 11) is 0. The van der Waals surface area contributed by atoms with Gasteiger partial charge in [0.15, 0.2) is 0 Å². The van der Waals surface area contributed by atoms with Gasteiger partial charge in [0.1, 0.15) is 0 Å². The molecule has 2 nitrogen and oxygen atoms in total. The predicted molar refractivity (Wildman–Crippen MR) is 80.5 cm³/mol. The normalized spacial score (nSPS) is 30.6. The summed E-state index contributed by atoms with van der Waals surface area (Å²) >= 11 is 0. The molecule has 0 radical (unpaired) electrons. The highest BCUT2D eigenvalue weighted by molar-refractivity contribution is 5.35. The first-order valence-electron chi connectivity index (χ1n) is 7.86. The Kier molecular flexibility index (Phi) is 3.90. The SMILES string of the molecule is CCN(C1CCNC1)C1CCC(C)c2ccccc21. The van der Waals surface area contributed by atoms with Crippen molar-refractivity contribution in [3.05, 3.63) is 35.4 Å². The van der Waals surface area contributed by atoms with E-state index in [0.29, 0.717) is 6.04 Å². The van der Waals surface area contributed by atoms with E-state index in [2.05, 4.69) is 48.3 Å². The Morgan fingerprint density at radius 1 is 1.16 bits per heavy atom. The van der Waals surface area contributed by atoms with Gasteiger partial charge in [-0.15, -0.1) is 0 Å². The van der Waals surface area contributed by atoms with E-state index >= 15 is 0 Å². The number of rotatable bonds is 3. The smallest absolute Gasteiger partial charge is 0.0354 e. The van der Waals surface area contributed by atoms with Gasteiger partial charge in [0.05, 0.1) is 0 Å². The van der Waals surface area contributed by atoms with Crippen molar-refractivity contribution in [1.29, 1.82) is 0 Å². The summed E-state index contributed by atoms with van der Waals surface area (Å²) in [5, 5.41) is 3.52. The molecule has 1 aromatic rings. The number of nitrogens with zero attached hydrogens (tertiary/aromatic N) is 1. The second-order valence-corrected chi connectivity index (χ2v) is 6.10. The van der Waals surface area contributed by atoms with Crippen LogP contribution < -0.4 is 5.32 Å². The van der Waals surface area contributed by atoms with Crippen LogP contribution in [0.25, 0.3) is 0 Å². The molecule has 2 heteroatoms. The van der Waals surface area contributed by atoms with Crippen molar-refractivity contribution in [3.8, 4) is 0 Å². The minimum absolute atomic E-state index is 0.641. The Bertz CT molecular complexity index is 423. The lowest BCUT2D eigenvalue weighted by Crippen LogP contribution is -2.41. The van der Waals surface area contributed by atoms with Crippen LogP contribution in [-0.4, -0.2) is 30.6 Å². The third-order valence-electron chi connectivity index (χ3n) is 5.03. The van der Waals surface area contributed by atoms with Crippen LogP contribution in [0.5, 0.6) is 0 Å². The zero-order valence-corrected chi connectivity index (χ0v) is 12.2. The fourth-order valence-electron chi connectivity index (χ4n) is 3.98. The maximum atomic E-state index is 3.52. The molecule has 3 unspecified atom stereocenters. The summed E-state index contributed by atoms with van der Waals surface area (Å²) in [6, 6.07) is 10.5. The molecule has 1 N–H and O–H groups in total. The van der Waals surface area contributed by atoms with Gasteiger partial charge in [0, 0.05) is 18.6 Å². The Balaban J connectivity index is 1.90. The third kappa shape index (κ3) is 2.44. The van der Waals surface area contributed by atoms with Gasteiger partial charge >= 0.3 is 0 Å². The lowest BCUT2D eigenvalue weighted by Gasteiger charge is -2.40. The van der Waals surface area contributed by atoms with Crippen molar-refractivity contribution < 1.29 is 0 Å². The van der Waals surface area contributed by atoms with E-state index in [9.17, 15) is 0 Å². The molecule has 1 aromatic carbocycles. The van der Waals surface area contributed by atoms with Gasteiger partial charge in [-0.3, -0.25) is 4.90 Å². The molecule has 3 rings (SSSR count). The average Bonchev–Trinajstić information content (AvgIpc) is 2.96. The Morgan fingerprint density at radius 2 is 1.95 bits per heavy atom. The molecule has 0 aromatic heterocycles. The summed E-state index contributed by atoms with van der Waals surface area (Å²) < 4.78 is 0. The van der Waals surface area contributed by atoms with Crippen LogP contribution in [0.15, 0.2) is 24.3 Å². The number of benzene rings is 1. The minimum atomic E-state index is 0.641. The molecule has 0 spiro atoms. The van der Waals surface area contributed by atoms with E-state index in [1.807, 2.05) is 0 Å². The van der Waals surface area contributed by atoms with Crippen LogP contribution in [0.3, 0.4) is 0 Å². The lowest BCUT2D eigenvalue weighted by atomic mass is 9.80. The quantitative estimate of drug-likeness (QED) is 0.895. The molecule has 1 aliphatic carbocycles. The molecule has 0 amide bonds. The predicted octanol–water partition coefficient (Wildman–Crippen LogP) is 3.31. The van der Waals surface area contributed by atoms with Crippen LogP contribution in [0.4, 0.5) is 0 Å². The maximum Gasteiger partial charge on any atom is 0.0354 e. The molecule has 0 bridgehead atoms. The molecular weight excluding hydrogens is 232 g/mol. The van der Waals surface area contributed by atoms with Gasteiger partial charge in [0.2, 0.25) is 0 Å². The van der Waals surface area contributed by atoms with E-state index in [4.69, 9.17) is 0 Å². The summed E-state index contributed by atoms with van der Waals surface area (Å²) in [5.41, 5.74) is 3.18. The van der Waals surface area contributed by atoms with Crippen LogP contribution in [0.1, 0.15) is 56.2 Å². The lowest BCUT2D eigenvalue weighted by molar-refractivity contribution is 0.133. The standard InChI is InChI=1S/C17H26N2/c1-3-19(14-10-11-18-12-14)17-9-8-13(2)15-6-4-5-7-16(15)17/h4-7,13-14,17-18H,3,8-12H2,1-2H3. The topological polar surface area (TPSA) is 15.3 Å². The number of nitrogens with one attached hydrogen (secondary N) is 1. The monoisotopic (exact) mass is 258 g/mol. The summed E-state index contributed by atoms with van der Waals surface area (Å²) in [4.78, 5) is 2.74. The van der Waals surface area contributed by atoms with Crippen molar-refractivity contribution in [2.24, 2.45) is 0 Å². The van der Waals surface area contributed by atoms with Crippen molar-refractivity contribution in [3.63, 3.8) is 0 Å². The van der Waals surface area contributed by atoms with Gasteiger partial charge in [-0.05, 0) is 49.4 Å². The van der Waals surface area contributed by atoms with Crippen molar-refractivity contribution in [2.75, 3.05) is 19.6 Å². The minimum Gasteiger partial charge on any atom is -0.315 e. The maximum absolute atomic E-state index is 3.52. The number of fused-ring (bicyclic) bond motifs is 1. The molecule has 1 saturated heterocycles. The molecule has 104 valence electrons. The highest BCUT2D eigenvalue weighted by Crippen LogP contribution is 2.41. The van der Waals surface area contributed by atoms with Crippen LogP contribution in [-0.2, 0) is 0 Å². The summed E-state index contributed by atoms with van der Waals surface area (Å²) in [6.45, 7) is 8.22. The first kappa shape index (κ1) is 13.1. The highest BCUT2D eigenvalue weighted by atomic mass is 15.2. The van der Waals surface area contributed by atoms with Crippen LogP contribution in [0.2, 0.25) is 0 Å². The van der Waals surface area contributed by atoms with E-state index in [-0.39, 0.29) is 0 Å². The fourth-order valence-corrected chi connectivity index (χ4v) is 3.98. The molecule has 1 heterocycles. The highest BCUT2D eigenvalue weighted by Gasteiger charge is 2.32. The van der Waals surface area contributed by atoms with E-state index in [0.717, 1.165) is 12.0 Å². The van der Waals surface area contributed by atoms with E-state index in [1.165, 1.54) is 38.9 Å². The van der Waals surface area contributed by atoms with Crippen molar-refractivity contribution in [1.82, 2.24) is 10.2 Å². The molecule has 19 heavy (non-hydrogen) atoms. The summed E-state index contributed by atoms with van der Waals surface area (Å²) in [6.07, 6.45) is 3.96. The Hall–Kier alpha value is -0.860. The number of hydrogen-bond donors (Lipinski definition) is 1. The molecule has 0 saturated carbocycles. The molecule has 2 aliphatic rings. The molecule has 1 aliphatic heterocycles. The van der Waals surface area contributed by atoms with Crippen LogP contribution >= 0.6 is 0 Å². The van der Waals surface area contributed by atoms with E-state index < -0.39 is 0 Å². The first-order valence-corrected chi connectivity index (χ1v) is 7.86. The van der Waals surface area contributed by atoms with Gasteiger partial charge in [-0.1, -0.05) is 38.1 Å². The van der Waals surface area contributed by atoms with Gasteiger partial charge in [-0.25, -0.2) is 0 Å². The second kappa shape index (κ2) is 5.64. The zero-order valence-electron chi connectivity index (χ0n) is 12.2. The Labute approximate surface area is 117 Å². The zero-order chi connectivity index (χ0) is 13.2. The average molecular weight is 258 g/mol. The van der Waals surface area contributed by atoms with Gasteiger partial charge in [-0.2, -0.15) is 0 Å². The molecule has 1 fully saturated rings. The van der Waals surface area contributed by atoms with Crippen molar-refractivity contribution >= 4 is 0 Å². The molecule has 3 atom stereocenters. The first-order chi connectivity index (χ1) is 9.31. The second-order valence-electron chi connectivity index (χ2n) is 6.10.